The normalized spacial score (nSPS) is 19.6. The first-order chi connectivity index (χ1) is 10.7. The number of anilines is 2. The molecule has 1 aromatic rings. The third-order valence-electron chi connectivity index (χ3n) is 4.88. The molecule has 1 saturated heterocycles. The van der Waals surface area contributed by atoms with E-state index >= 15 is 0 Å². The highest BCUT2D eigenvalue weighted by molar-refractivity contribution is 5.97. The zero-order valence-corrected chi connectivity index (χ0v) is 15.6. The molecule has 3 rings (SSSR count). The summed E-state index contributed by atoms with van der Waals surface area (Å²) in [5.41, 5.74) is 6.29. The van der Waals surface area contributed by atoms with E-state index in [4.69, 9.17) is 5.73 Å². The Kier molecular flexibility index (Phi) is 8.27. The molecule has 3 N–H and O–H groups in total. The van der Waals surface area contributed by atoms with Crippen molar-refractivity contribution in [1.82, 2.24) is 4.98 Å². The minimum Gasteiger partial charge on any atom is -0.357 e. The predicted molar refractivity (Wildman–Crippen MR) is 103 cm³/mol. The third kappa shape index (κ3) is 4.98. The molecular formula is C17H28Cl2N4O. The Labute approximate surface area is 156 Å². The van der Waals surface area contributed by atoms with Crippen molar-refractivity contribution in [3.63, 3.8) is 0 Å². The number of piperidine rings is 1. The number of amides is 1. The highest BCUT2D eigenvalue weighted by Gasteiger charge is 2.35. The predicted octanol–water partition coefficient (Wildman–Crippen LogP) is 3.52. The quantitative estimate of drug-likeness (QED) is 0.848. The molecule has 2 aliphatic rings. The second-order valence-electron chi connectivity index (χ2n) is 6.62. The molecule has 5 nitrogen and oxygen atoms in total. The summed E-state index contributed by atoms with van der Waals surface area (Å²) in [4.78, 5) is 19.2. The lowest BCUT2D eigenvalue weighted by Gasteiger charge is -2.32. The monoisotopic (exact) mass is 374 g/mol. The molecule has 24 heavy (non-hydrogen) atoms. The molecule has 2 heterocycles. The molecule has 1 aliphatic carbocycles. The number of hydrogen-bond acceptors (Lipinski definition) is 4. The van der Waals surface area contributed by atoms with Gasteiger partial charge in [0.15, 0.2) is 0 Å². The fraction of sp³-hybridized carbons (Fsp3) is 0.647. The molecule has 1 amide bonds. The van der Waals surface area contributed by atoms with Gasteiger partial charge in [-0.3, -0.25) is 4.79 Å². The van der Waals surface area contributed by atoms with Crippen molar-refractivity contribution in [2.24, 2.45) is 5.73 Å². The summed E-state index contributed by atoms with van der Waals surface area (Å²) in [5.74, 6) is 0.928. The van der Waals surface area contributed by atoms with E-state index in [9.17, 15) is 4.79 Å². The topological polar surface area (TPSA) is 71.2 Å². The SMILES string of the molecule is Cl.Cl.NC1(C(=O)Nc2ccc(N3CCCCC3)nc2)CCCCC1. The van der Waals surface area contributed by atoms with Gasteiger partial charge in [-0.1, -0.05) is 19.3 Å². The first-order valence-corrected chi connectivity index (χ1v) is 8.49. The summed E-state index contributed by atoms with van der Waals surface area (Å²) in [6.45, 7) is 2.15. The number of rotatable bonds is 3. The number of nitrogens with zero attached hydrogens (tertiary/aromatic N) is 2. The largest absolute Gasteiger partial charge is 0.357 e. The van der Waals surface area contributed by atoms with Crippen LogP contribution in [0.3, 0.4) is 0 Å². The van der Waals surface area contributed by atoms with Crippen molar-refractivity contribution in [1.29, 1.82) is 0 Å². The maximum absolute atomic E-state index is 12.4. The van der Waals surface area contributed by atoms with E-state index in [-0.39, 0.29) is 30.7 Å². The first-order valence-electron chi connectivity index (χ1n) is 8.49. The van der Waals surface area contributed by atoms with Gasteiger partial charge in [0, 0.05) is 13.1 Å². The Morgan fingerprint density at radius 3 is 2.25 bits per heavy atom. The summed E-state index contributed by atoms with van der Waals surface area (Å²) >= 11 is 0. The zero-order chi connectivity index (χ0) is 15.4. The summed E-state index contributed by atoms with van der Waals surface area (Å²) in [6.07, 6.45) is 10.3. The summed E-state index contributed by atoms with van der Waals surface area (Å²) in [5, 5.41) is 2.94. The van der Waals surface area contributed by atoms with E-state index in [1.165, 1.54) is 25.7 Å². The van der Waals surface area contributed by atoms with Gasteiger partial charge >= 0.3 is 0 Å². The minimum absolute atomic E-state index is 0. The first kappa shape index (κ1) is 21.0. The standard InChI is InChI=1S/C17H26N4O.2ClH/c18-17(9-3-1-4-10-17)16(22)20-14-7-8-15(19-13-14)21-11-5-2-6-12-21;;/h7-8,13H,1-6,9-12,18H2,(H,20,22);2*1H. The lowest BCUT2D eigenvalue weighted by atomic mass is 9.82. The van der Waals surface area contributed by atoms with Gasteiger partial charge in [0.1, 0.15) is 5.82 Å². The smallest absolute Gasteiger partial charge is 0.244 e. The van der Waals surface area contributed by atoms with Crippen LogP contribution in [0.15, 0.2) is 18.3 Å². The average Bonchev–Trinajstić information content (AvgIpc) is 2.57. The Hall–Kier alpha value is -1.04. The van der Waals surface area contributed by atoms with E-state index in [2.05, 4.69) is 15.2 Å². The molecule has 0 radical (unpaired) electrons. The molecule has 0 spiro atoms. The van der Waals surface area contributed by atoms with Crippen LogP contribution in [0.25, 0.3) is 0 Å². The van der Waals surface area contributed by atoms with Gasteiger partial charge in [0.05, 0.1) is 17.4 Å². The van der Waals surface area contributed by atoms with Crippen LogP contribution < -0.4 is 16.0 Å². The van der Waals surface area contributed by atoms with Crippen molar-refractivity contribution in [3.8, 4) is 0 Å². The number of hydrogen-bond donors (Lipinski definition) is 2. The number of halogens is 2. The number of carbonyl (C=O) groups is 1. The zero-order valence-electron chi connectivity index (χ0n) is 14.0. The van der Waals surface area contributed by atoms with Gasteiger partial charge in [-0.2, -0.15) is 0 Å². The van der Waals surface area contributed by atoms with E-state index < -0.39 is 5.54 Å². The van der Waals surface area contributed by atoms with Gasteiger partial charge < -0.3 is 16.0 Å². The van der Waals surface area contributed by atoms with Crippen molar-refractivity contribution in [3.05, 3.63) is 18.3 Å². The van der Waals surface area contributed by atoms with Gasteiger partial charge in [0.2, 0.25) is 5.91 Å². The molecule has 0 atom stereocenters. The van der Waals surface area contributed by atoms with Gasteiger partial charge in [-0.05, 0) is 44.2 Å². The van der Waals surface area contributed by atoms with Crippen LogP contribution in [0.4, 0.5) is 11.5 Å². The lowest BCUT2D eigenvalue weighted by molar-refractivity contribution is -0.122. The number of aromatic nitrogens is 1. The van der Waals surface area contributed by atoms with Crippen LogP contribution in [-0.2, 0) is 4.79 Å². The summed E-state index contributed by atoms with van der Waals surface area (Å²) in [7, 11) is 0. The second-order valence-corrected chi connectivity index (χ2v) is 6.62. The van der Waals surface area contributed by atoms with Crippen LogP contribution in [-0.4, -0.2) is 29.5 Å². The highest BCUT2D eigenvalue weighted by atomic mass is 35.5. The minimum atomic E-state index is -0.705. The van der Waals surface area contributed by atoms with Gasteiger partial charge in [-0.15, -0.1) is 24.8 Å². The molecular weight excluding hydrogens is 347 g/mol. The highest BCUT2D eigenvalue weighted by Crippen LogP contribution is 2.27. The maximum Gasteiger partial charge on any atom is 0.244 e. The van der Waals surface area contributed by atoms with Crippen LogP contribution in [0.2, 0.25) is 0 Å². The van der Waals surface area contributed by atoms with Crippen molar-refractivity contribution < 1.29 is 4.79 Å². The van der Waals surface area contributed by atoms with Crippen LogP contribution >= 0.6 is 24.8 Å². The Balaban J connectivity index is 0.00000144. The van der Waals surface area contributed by atoms with Crippen molar-refractivity contribution >= 4 is 42.2 Å². The van der Waals surface area contributed by atoms with Crippen LogP contribution in [0, 0.1) is 0 Å². The van der Waals surface area contributed by atoms with Crippen molar-refractivity contribution in [2.45, 2.75) is 56.9 Å². The molecule has 2 fully saturated rings. The molecule has 1 aliphatic heterocycles. The molecule has 0 unspecified atom stereocenters. The Morgan fingerprint density at radius 1 is 1.04 bits per heavy atom. The molecule has 0 bridgehead atoms. The number of carbonyl (C=O) groups excluding carboxylic acids is 1. The summed E-state index contributed by atoms with van der Waals surface area (Å²) in [6, 6.07) is 3.92. The average molecular weight is 375 g/mol. The van der Waals surface area contributed by atoms with Gasteiger partial charge in [0.25, 0.3) is 0 Å². The van der Waals surface area contributed by atoms with Crippen LogP contribution in [0.1, 0.15) is 51.4 Å². The second kappa shape index (κ2) is 9.44. The van der Waals surface area contributed by atoms with Gasteiger partial charge in [-0.25, -0.2) is 4.98 Å². The number of pyridine rings is 1. The molecule has 0 aromatic carbocycles. The fourth-order valence-corrected chi connectivity index (χ4v) is 3.44. The van der Waals surface area contributed by atoms with Crippen LogP contribution in [0.5, 0.6) is 0 Å². The lowest BCUT2D eigenvalue weighted by Crippen LogP contribution is -2.52. The Morgan fingerprint density at radius 2 is 1.67 bits per heavy atom. The molecule has 1 aromatic heterocycles. The van der Waals surface area contributed by atoms with E-state index in [0.29, 0.717) is 0 Å². The molecule has 7 heteroatoms. The van der Waals surface area contributed by atoms with Crippen molar-refractivity contribution in [2.75, 3.05) is 23.3 Å². The van der Waals surface area contributed by atoms with E-state index in [1.54, 1.807) is 6.20 Å². The third-order valence-corrected chi connectivity index (χ3v) is 4.88. The van der Waals surface area contributed by atoms with E-state index in [1.807, 2.05) is 12.1 Å². The van der Waals surface area contributed by atoms with E-state index in [0.717, 1.165) is 50.3 Å². The molecule has 1 saturated carbocycles. The summed E-state index contributed by atoms with van der Waals surface area (Å²) < 4.78 is 0. The molecule has 136 valence electrons. The maximum atomic E-state index is 12.4. The Bertz CT molecular complexity index is 512. The fourth-order valence-electron chi connectivity index (χ4n) is 3.44. The number of nitrogens with two attached hydrogens (primary N) is 1. The number of nitrogens with one attached hydrogen (secondary N) is 1.